The van der Waals surface area contributed by atoms with Crippen molar-refractivity contribution < 1.29 is 4.79 Å². The van der Waals surface area contributed by atoms with Gasteiger partial charge in [-0.3, -0.25) is 4.79 Å². The Balaban J connectivity index is 2.64. The number of rotatable bonds is 4. The molecule has 0 amide bonds. The summed E-state index contributed by atoms with van der Waals surface area (Å²) in [4.78, 5) is 10.9. The van der Waals surface area contributed by atoms with Crippen molar-refractivity contribution in [1.29, 1.82) is 0 Å². The van der Waals surface area contributed by atoms with Gasteiger partial charge in [0.15, 0.2) is 5.78 Å². The molecular formula is C10H12BrNO. The third-order valence-corrected chi connectivity index (χ3v) is 2.11. The van der Waals surface area contributed by atoms with Gasteiger partial charge in [-0.1, -0.05) is 15.9 Å². The molecule has 0 saturated heterocycles. The molecule has 0 saturated carbocycles. The third kappa shape index (κ3) is 3.19. The number of carbonyl (C=O) groups is 1. The van der Waals surface area contributed by atoms with Crippen LogP contribution in [0.2, 0.25) is 0 Å². The van der Waals surface area contributed by atoms with E-state index in [2.05, 4.69) is 21.2 Å². The molecule has 0 unspecified atom stereocenters. The van der Waals surface area contributed by atoms with Crippen LogP contribution in [0.1, 0.15) is 17.3 Å². The number of Topliss-reactive ketones (excluding diaryl/α,β-unsaturated/α-hetero) is 1. The molecule has 13 heavy (non-hydrogen) atoms. The maximum atomic E-state index is 10.9. The van der Waals surface area contributed by atoms with Crippen LogP contribution in [0.4, 0.5) is 5.69 Å². The van der Waals surface area contributed by atoms with E-state index >= 15 is 0 Å². The minimum atomic E-state index is 0.104. The summed E-state index contributed by atoms with van der Waals surface area (Å²) in [5.41, 5.74) is 1.80. The smallest absolute Gasteiger partial charge is 0.159 e. The second-order valence-electron chi connectivity index (χ2n) is 2.75. The molecule has 0 bridgehead atoms. The van der Waals surface area contributed by atoms with Crippen LogP contribution in [0.15, 0.2) is 24.3 Å². The number of alkyl halides is 1. The number of benzene rings is 1. The van der Waals surface area contributed by atoms with Gasteiger partial charge in [0.2, 0.25) is 0 Å². The highest BCUT2D eigenvalue weighted by Gasteiger charge is 1.97. The number of anilines is 1. The minimum Gasteiger partial charge on any atom is -0.384 e. The van der Waals surface area contributed by atoms with Crippen LogP contribution in [0, 0.1) is 0 Å². The van der Waals surface area contributed by atoms with Gasteiger partial charge in [-0.05, 0) is 31.2 Å². The van der Waals surface area contributed by atoms with Crippen molar-refractivity contribution in [3.05, 3.63) is 29.8 Å². The van der Waals surface area contributed by atoms with Crippen molar-refractivity contribution in [3.8, 4) is 0 Å². The highest BCUT2D eigenvalue weighted by atomic mass is 79.9. The first-order chi connectivity index (χ1) is 6.24. The summed E-state index contributed by atoms with van der Waals surface area (Å²) < 4.78 is 0. The number of halogens is 1. The van der Waals surface area contributed by atoms with E-state index in [0.29, 0.717) is 0 Å². The van der Waals surface area contributed by atoms with Gasteiger partial charge in [-0.2, -0.15) is 0 Å². The molecule has 1 N–H and O–H groups in total. The van der Waals surface area contributed by atoms with E-state index in [1.165, 1.54) is 0 Å². The molecule has 0 aliphatic carbocycles. The predicted octanol–water partition coefficient (Wildman–Crippen LogP) is 2.70. The number of carbonyl (C=O) groups excluding carboxylic acids is 1. The SMILES string of the molecule is CC(=O)c1ccc(NCCBr)cc1. The van der Waals surface area contributed by atoms with E-state index in [0.717, 1.165) is 23.1 Å². The van der Waals surface area contributed by atoms with E-state index in [4.69, 9.17) is 0 Å². The van der Waals surface area contributed by atoms with Gasteiger partial charge >= 0.3 is 0 Å². The van der Waals surface area contributed by atoms with Crippen LogP contribution in [0.5, 0.6) is 0 Å². The third-order valence-electron chi connectivity index (χ3n) is 1.72. The molecular weight excluding hydrogens is 230 g/mol. The van der Waals surface area contributed by atoms with Crippen LogP contribution in [0.3, 0.4) is 0 Å². The molecule has 0 aliphatic heterocycles. The molecule has 0 aromatic heterocycles. The molecule has 0 aliphatic rings. The lowest BCUT2D eigenvalue weighted by Gasteiger charge is -2.03. The van der Waals surface area contributed by atoms with Crippen molar-refractivity contribution in [3.63, 3.8) is 0 Å². The quantitative estimate of drug-likeness (QED) is 0.649. The Morgan fingerprint density at radius 3 is 2.46 bits per heavy atom. The van der Waals surface area contributed by atoms with E-state index in [-0.39, 0.29) is 5.78 Å². The lowest BCUT2D eigenvalue weighted by Crippen LogP contribution is -2.02. The highest BCUT2D eigenvalue weighted by molar-refractivity contribution is 9.09. The highest BCUT2D eigenvalue weighted by Crippen LogP contribution is 2.09. The van der Waals surface area contributed by atoms with Gasteiger partial charge in [0.1, 0.15) is 0 Å². The topological polar surface area (TPSA) is 29.1 Å². The molecule has 0 fully saturated rings. The van der Waals surface area contributed by atoms with Crippen LogP contribution in [0.25, 0.3) is 0 Å². The van der Waals surface area contributed by atoms with E-state index in [1.54, 1.807) is 6.92 Å². The molecule has 1 aromatic rings. The van der Waals surface area contributed by atoms with E-state index < -0.39 is 0 Å². The predicted molar refractivity (Wildman–Crippen MR) is 58.7 cm³/mol. The lowest BCUT2D eigenvalue weighted by atomic mass is 10.1. The first-order valence-corrected chi connectivity index (χ1v) is 5.27. The largest absolute Gasteiger partial charge is 0.384 e. The second kappa shape index (κ2) is 5.02. The summed E-state index contributed by atoms with van der Waals surface area (Å²) in [5, 5.41) is 4.12. The molecule has 1 rings (SSSR count). The number of hydrogen-bond donors (Lipinski definition) is 1. The Labute approximate surface area is 86.5 Å². The van der Waals surface area contributed by atoms with E-state index in [9.17, 15) is 4.79 Å². The summed E-state index contributed by atoms with van der Waals surface area (Å²) in [7, 11) is 0. The fourth-order valence-electron chi connectivity index (χ4n) is 1.01. The molecule has 70 valence electrons. The van der Waals surface area contributed by atoms with Crippen molar-refractivity contribution >= 4 is 27.4 Å². The van der Waals surface area contributed by atoms with Gasteiger partial charge in [0, 0.05) is 23.1 Å². The Kier molecular flexibility index (Phi) is 3.96. The first kappa shape index (κ1) is 10.3. The standard InChI is InChI=1S/C10H12BrNO/c1-8(13)9-2-4-10(5-3-9)12-7-6-11/h2-5,12H,6-7H2,1H3. The fourth-order valence-corrected chi connectivity index (χ4v) is 1.21. The second-order valence-corrected chi connectivity index (χ2v) is 3.54. The normalized spacial score (nSPS) is 9.69. The van der Waals surface area contributed by atoms with Gasteiger partial charge in [-0.15, -0.1) is 0 Å². The van der Waals surface area contributed by atoms with Crippen molar-refractivity contribution in [2.75, 3.05) is 17.2 Å². The van der Waals surface area contributed by atoms with E-state index in [1.807, 2.05) is 24.3 Å². The first-order valence-electron chi connectivity index (χ1n) is 4.15. The van der Waals surface area contributed by atoms with Crippen molar-refractivity contribution in [2.24, 2.45) is 0 Å². The summed E-state index contributed by atoms with van der Waals surface area (Å²) in [5.74, 6) is 0.104. The summed E-state index contributed by atoms with van der Waals surface area (Å²) in [6.07, 6.45) is 0. The molecule has 0 radical (unpaired) electrons. The zero-order chi connectivity index (χ0) is 9.68. The Morgan fingerprint density at radius 2 is 2.00 bits per heavy atom. The Bertz CT molecular complexity index is 281. The molecule has 1 aromatic carbocycles. The number of nitrogens with one attached hydrogen (secondary N) is 1. The average molecular weight is 242 g/mol. The monoisotopic (exact) mass is 241 g/mol. The zero-order valence-electron chi connectivity index (χ0n) is 7.51. The van der Waals surface area contributed by atoms with Crippen LogP contribution < -0.4 is 5.32 Å². The molecule has 0 heterocycles. The average Bonchev–Trinajstić information content (AvgIpc) is 2.15. The summed E-state index contributed by atoms with van der Waals surface area (Å²) in [6, 6.07) is 7.50. The van der Waals surface area contributed by atoms with Crippen LogP contribution in [-0.4, -0.2) is 17.7 Å². The number of ketones is 1. The van der Waals surface area contributed by atoms with Gasteiger partial charge in [0.05, 0.1) is 0 Å². The van der Waals surface area contributed by atoms with Gasteiger partial charge in [0.25, 0.3) is 0 Å². The van der Waals surface area contributed by atoms with Crippen LogP contribution >= 0.6 is 15.9 Å². The fraction of sp³-hybridized carbons (Fsp3) is 0.300. The van der Waals surface area contributed by atoms with Gasteiger partial charge < -0.3 is 5.32 Å². The van der Waals surface area contributed by atoms with Crippen LogP contribution in [-0.2, 0) is 0 Å². The summed E-state index contributed by atoms with van der Waals surface area (Å²) in [6.45, 7) is 2.46. The van der Waals surface area contributed by atoms with Crippen molar-refractivity contribution in [1.82, 2.24) is 0 Å². The maximum Gasteiger partial charge on any atom is 0.159 e. The van der Waals surface area contributed by atoms with Gasteiger partial charge in [-0.25, -0.2) is 0 Å². The summed E-state index contributed by atoms with van der Waals surface area (Å²) >= 11 is 3.33. The molecule has 0 spiro atoms. The van der Waals surface area contributed by atoms with Crippen molar-refractivity contribution in [2.45, 2.75) is 6.92 Å². The Morgan fingerprint density at radius 1 is 1.38 bits per heavy atom. The maximum absolute atomic E-state index is 10.9. The Hall–Kier alpha value is -0.830. The zero-order valence-corrected chi connectivity index (χ0v) is 9.10. The molecule has 0 atom stereocenters. The lowest BCUT2D eigenvalue weighted by molar-refractivity contribution is 0.101. The molecule has 3 heteroatoms. The minimum absolute atomic E-state index is 0.104. The number of hydrogen-bond acceptors (Lipinski definition) is 2. The molecule has 2 nitrogen and oxygen atoms in total.